The van der Waals surface area contributed by atoms with Crippen molar-refractivity contribution in [1.29, 1.82) is 0 Å². The molecule has 0 unspecified atom stereocenters. The third kappa shape index (κ3) is 7.87. The largest absolute Gasteiger partial charge is 0.463 e. The molecule has 0 atom stereocenters. The second kappa shape index (κ2) is 7.67. The van der Waals surface area contributed by atoms with Crippen LogP contribution < -0.4 is 5.32 Å². The third-order valence-corrected chi connectivity index (χ3v) is 4.67. The van der Waals surface area contributed by atoms with Crippen molar-refractivity contribution in [1.82, 2.24) is 0 Å². The molecule has 1 aromatic carbocycles. The van der Waals surface area contributed by atoms with Crippen LogP contribution in [0.2, 0.25) is 25.7 Å². The molecule has 3 nitrogen and oxygen atoms in total. The van der Waals surface area contributed by atoms with Crippen LogP contribution in [0.4, 0.5) is 18.9 Å². The van der Waals surface area contributed by atoms with Crippen LogP contribution in [-0.2, 0) is 15.7 Å². The molecule has 1 rings (SSSR count). The molecule has 0 heterocycles. The molecule has 7 heteroatoms. The van der Waals surface area contributed by atoms with Gasteiger partial charge < -0.3 is 10.1 Å². The zero-order chi connectivity index (χ0) is 17.7. The first-order valence-corrected chi connectivity index (χ1v) is 11.0. The van der Waals surface area contributed by atoms with E-state index in [1.807, 2.05) is 0 Å². The van der Waals surface area contributed by atoms with Crippen molar-refractivity contribution in [3.05, 3.63) is 41.6 Å². The second-order valence-electron chi connectivity index (χ2n) is 6.51. The summed E-state index contributed by atoms with van der Waals surface area (Å²) >= 11 is 0. The van der Waals surface area contributed by atoms with Gasteiger partial charge in [0.15, 0.2) is 0 Å². The molecule has 0 aliphatic rings. The van der Waals surface area contributed by atoms with Crippen molar-refractivity contribution in [3.8, 4) is 0 Å². The first-order chi connectivity index (χ1) is 10.5. The van der Waals surface area contributed by atoms with Crippen LogP contribution in [0.25, 0.3) is 0 Å². The van der Waals surface area contributed by atoms with Crippen LogP contribution in [0, 0.1) is 0 Å². The Morgan fingerprint density at radius 1 is 1.30 bits per heavy atom. The number of rotatable bonds is 6. The lowest BCUT2D eigenvalue weighted by molar-refractivity contribution is -0.138. The number of benzene rings is 1. The van der Waals surface area contributed by atoms with E-state index in [4.69, 9.17) is 4.74 Å². The van der Waals surface area contributed by atoms with Crippen molar-refractivity contribution in [2.75, 3.05) is 11.9 Å². The third-order valence-electron chi connectivity index (χ3n) is 2.96. The Kier molecular flexibility index (Phi) is 6.43. The summed E-state index contributed by atoms with van der Waals surface area (Å²) in [6.07, 6.45) is -3.16. The maximum absolute atomic E-state index is 12.6. The minimum atomic E-state index is -4.40. The summed E-state index contributed by atoms with van der Waals surface area (Å²) in [7, 11) is -1.27. The zero-order valence-electron chi connectivity index (χ0n) is 13.8. The highest BCUT2D eigenvalue weighted by Gasteiger charge is 2.30. The van der Waals surface area contributed by atoms with Gasteiger partial charge in [0, 0.05) is 25.5 Å². The Hall–Kier alpha value is -1.76. The van der Waals surface area contributed by atoms with Crippen LogP contribution in [-0.4, -0.2) is 20.7 Å². The van der Waals surface area contributed by atoms with Crippen LogP contribution in [0.3, 0.4) is 0 Å². The topological polar surface area (TPSA) is 38.3 Å². The summed E-state index contributed by atoms with van der Waals surface area (Å²) in [6.45, 7) is 8.49. The van der Waals surface area contributed by atoms with Gasteiger partial charge in [-0.25, -0.2) is 4.79 Å². The number of hydrogen-bond donors (Lipinski definition) is 1. The predicted molar refractivity (Wildman–Crippen MR) is 87.9 cm³/mol. The van der Waals surface area contributed by atoms with Gasteiger partial charge in [0.2, 0.25) is 0 Å². The number of hydrogen-bond acceptors (Lipinski definition) is 3. The van der Waals surface area contributed by atoms with Crippen LogP contribution in [0.1, 0.15) is 12.5 Å². The van der Waals surface area contributed by atoms with Gasteiger partial charge in [0.25, 0.3) is 0 Å². The highest BCUT2D eigenvalue weighted by Crippen LogP contribution is 2.30. The van der Waals surface area contributed by atoms with Gasteiger partial charge >= 0.3 is 12.1 Å². The van der Waals surface area contributed by atoms with Crippen LogP contribution in [0.5, 0.6) is 0 Å². The highest BCUT2D eigenvalue weighted by atomic mass is 28.3. The Morgan fingerprint density at radius 2 is 1.96 bits per heavy atom. The van der Waals surface area contributed by atoms with Gasteiger partial charge in [-0.15, -0.1) is 0 Å². The van der Waals surface area contributed by atoms with Gasteiger partial charge in [-0.2, -0.15) is 13.2 Å². The molecule has 1 aromatic rings. The summed E-state index contributed by atoms with van der Waals surface area (Å²) in [5.74, 6) is -0.500. The second-order valence-corrected chi connectivity index (χ2v) is 12.1. The number of carbonyl (C=O) groups excluding carboxylic acids is 1. The maximum Gasteiger partial charge on any atom is 0.416 e. The molecule has 0 amide bonds. The summed E-state index contributed by atoms with van der Waals surface area (Å²) in [5.41, 5.74) is -0.0567. The lowest BCUT2D eigenvalue weighted by Gasteiger charge is -2.15. The Bertz CT molecular complexity index is 577. The van der Waals surface area contributed by atoms with Gasteiger partial charge in [-0.05, 0) is 31.2 Å². The fraction of sp³-hybridized carbons (Fsp3) is 0.438. The first kappa shape index (κ1) is 19.3. The summed E-state index contributed by atoms with van der Waals surface area (Å²) in [6, 6.07) is 5.67. The fourth-order valence-electron chi connectivity index (χ4n) is 1.71. The van der Waals surface area contributed by atoms with Crippen molar-refractivity contribution >= 4 is 19.7 Å². The van der Waals surface area contributed by atoms with E-state index in [9.17, 15) is 18.0 Å². The number of allylic oxidation sites excluding steroid dienone is 1. The van der Waals surface area contributed by atoms with E-state index in [1.54, 1.807) is 6.92 Å². The molecule has 0 fully saturated rings. The molecule has 0 aliphatic carbocycles. The number of ether oxygens (including phenoxy) is 1. The van der Waals surface area contributed by atoms with E-state index >= 15 is 0 Å². The molecule has 0 bridgehead atoms. The Balaban J connectivity index is 2.61. The van der Waals surface area contributed by atoms with Crippen molar-refractivity contribution in [3.63, 3.8) is 0 Å². The average Bonchev–Trinajstić information content (AvgIpc) is 2.36. The standard InChI is InChI=1S/C16H22F3NO2Si/c1-12(10-15(21)22-8-9-23(2,3)4)20-14-7-5-6-13(11-14)16(17,18)19/h5-7,10-11,20H,8-9H2,1-4H3/b12-10+. The first-order valence-electron chi connectivity index (χ1n) is 7.27. The van der Waals surface area contributed by atoms with Crippen molar-refractivity contribution in [2.45, 2.75) is 38.8 Å². The lowest BCUT2D eigenvalue weighted by Crippen LogP contribution is -2.22. The fourth-order valence-corrected chi connectivity index (χ4v) is 2.43. The highest BCUT2D eigenvalue weighted by molar-refractivity contribution is 6.76. The number of carbonyl (C=O) groups is 1. The minimum Gasteiger partial charge on any atom is -0.463 e. The maximum atomic E-state index is 12.6. The molecular formula is C16H22F3NO2Si. The molecule has 0 aliphatic heterocycles. The van der Waals surface area contributed by atoms with Crippen molar-refractivity contribution in [2.24, 2.45) is 0 Å². The molecule has 0 saturated heterocycles. The summed E-state index contributed by atoms with van der Waals surface area (Å²) in [5, 5.41) is 2.76. The summed E-state index contributed by atoms with van der Waals surface area (Å²) in [4.78, 5) is 11.7. The molecule has 23 heavy (non-hydrogen) atoms. The van der Waals surface area contributed by atoms with Crippen LogP contribution in [0.15, 0.2) is 36.0 Å². The van der Waals surface area contributed by atoms with Crippen LogP contribution >= 0.6 is 0 Å². The number of anilines is 1. The molecule has 128 valence electrons. The average molecular weight is 345 g/mol. The molecule has 0 radical (unpaired) electrons. The normalized spacial score (nSPS) is 12.9. The number of alkyl halides is 3. The van der Waals surface area contributed by atoms with E-state index in [2.05, 4.69) is 25.0 Å². The van der Waals surface area contributed by atoms with E-state index in [-0.39, 0.29) is 5.69 Å². The SMILES string of the molecule is C/C(=C\C(=O)OCC[Si](C)(C)C)Nc1cccc(C(F)(F)F)c1. The predicted octanol–water partition coefficient (Wildman–Crippen LogP) is 4.90. The lowest BCUT2D eigenvalue weighted by atomic mass is 10.2. The van der Waals surface area contributed by atoms with Crippen molar-refractivity contribution < 1.29 is 22.7 Å². The van der Waals surface area contributed by atoms with E-state index in [1.165, 1.54) is 18.2 Å². The summed E-state index contributed by atoms with van der Waals surface area (Å²) < 4.78 is 43.0. The van der Waals surface area contributed by atoms with Gasteiger partial charge in [0.05, 0.1) is 12.2 Å². The van der Waals surface area contributed by atoms with E-state index in [0.29, 0.717) is 12.3 Å². The monoisotopic (exact) mass is 345 g/mol. The zero-order valence-corrected chi connectivity index (χ0v) is 14.8. The number of nitrogens with one attached hydrogen (secondary N) is 1. The van der Waals surface area contributed by atoms with Gasteiger partial charge in [0.1, 0.15) is 0 Å². The molecule has 0 saturated carbocycles. The minimum absolute atomic E-state index is 0.267. The van der Waals surface area contributed by atoms with Gasteiger partial charge in [-0.3, -0.25) is 0 Å². The Morgan fingerprint density at radius 3 is 2.52 bits per heavy atom. The number of esters is 1. The molecule has 0 spiro atoms. The van der Waals surface area contributed by atoms with E-state index < -0.39 is 25.8 Å². The smallest absolute Gasteiger partial charge is 0.416 e. The Labute approximate surface area is 135 Å². The van der Waals surface area contributed by atoms with E-state index in [0.717, 1.165) is 18.2 Å². The van der Waals surface area contributed by atoms with Gasteiger partial charge in [-0.1, -0.05) is 25.7 Å². The molecule has 0 aromatic heterocycles. The molecule has 1 N–H and O–H groups in total. The quantitative estimate of drug-likeness (QED) is 0.453. The number of halogens is 3. The molecular weight excluding hydrogens is 323 g/mol.